The maximum Gasteiger partial charge on any atom is 0.193 e. The van der Waals surface area contributed by atoms with Crippen LogP contribution in [0, 0.1) is 0 Å². The molecular formula is C24H19N3OS. The van der Waals surface area contributed by atoms with E-state index in [2.05, 4.69) is 38.5 Å². The summed E-state index contributed by atoms with van der Waals surface area (Å²) < 4.78 is 2.12. The Hall–Kier alpha value is -3.44. The quantitative estimate of drug-likeness (QED) is 0.455. The van der Waals surface area contributed by atoms with Crippen molar-refractivity contribution in [1.29, 1.82) is 0 Å². The topological polar surface area (TPSA) is 46.9 Å². The lowest BCUT2D eigenvalue weighted by atomic mass is 10.1. The number of thiophene rings is 1. The molecule has 3 aromatic heterocycles. The zero-order valence-electron chi connectivity index (χ0n) is 15.7. The maximum atomic E-state index is 12.9. The van der Waals surface area contributed by atoms with Gasteiger partial charge in [0.05, 0.1) is 16.6 Å². The predicted molar refractivity (Wildman–Crippen MR) is 122 cm³/mol. The van der Waals surface area contributed by atoms with Gasteiger partial charge >= 0.3 is 0 Å². The number of para-hydroxylation sites is 1. The van der Waals surface area contributed by atoms with E-state index < -0.39 is 0 Å². The minimum Gasteiger partial charge on any atom is -0.341 e. The van der Waals surface area contributed by atoms with E-state index in [0.717, 1.165) is 46.8 Å². The first-order chi connectivity index (χ1) is 14.3. The van der Waals surface area contributed by atoms with Gasteiger partial charge in [0.1, 0.15) is 5.82 Å². The third-order valence-electron chi connectivity index (χ3n) is 4.99. The predicted octanol–water partition coefficient (Wildman–Crippen LogP) is 6.06. The van der Waals surface area contributed by atoms with Crippen LogP contribution in [0.15, 0.2) is 88.5 Å². The van der Waals surface area contributed by atoms with Crippen LogP contribution in [0.1, 0.15) is 12.8 Å². The zero-order chi connectivity index (χ0) is 19.6. The molecule has 1 aliphatic carbocycles. The molecule has 0 bridgehead atoms. The van der Waals surface area contributed by atoms with Crippen LogP contribution in [-0.2, 0) is 0 Å². The molecule has 0 spiro atoms. The van der Waals surface area contributed by atoms with Crippen LogP contribution in [0.5, 0.6) is 0 Å². The molecule has 1 aliphatic rings. The standard InChI is InChI=1S/C24H19N3OS/c28-23-14-24(26-18-7-3-1-4-8-18)27(19-9-5-2-6-10-19)22-13-21(25-15-20(22)23)17-11-12-29-16-17/h1,3-5,7-16,26H,2,6H2. The van der Waals surface area contributed by atoms with Gasteiger partial charge in [0.15, 0.2) is 5.43 Å². The lowest BCUT2D eigenvalue weighted by Crippen LogP contribution is -2.14. The molecule has 1 N–H and O–H groups in total. The van der Waals surface area contributed by atoms with Gasteiger partial charge in [-0.05, 0) is 48.6 Å². The molecule has 0 aliphatic heterocycles. The second-order valence-corrected chi connectivity index (χ2v) is 7.71. The first-order valence-corrected chi connectivity index (χ1v) is 10.5. The fourth-order valence-corrected chi connectivity index (χ4v) is 4.24. The zero-order valence-corrected chi connectivity index (χ0v) is 16.5. The van der Waals surface area contributed by atoms with E-state index in [1.807, 2.05) is 47.8 Å². The van der Waals surface area contributed by atoms with E-state index in [-0.39, 0.29) is 5.43 Å². The van der Waals surface area contributed by atoms with Gasteiger partial charge in [-0.2, -0.15) is 11.3 Å². The average Bonchev–Trinajstić information content (AvgIpc) is 3.30. The Labute approximate surface area is 172 Å². The molecule has 0 unspecified atom stereocenters. The molecular weight excluding hydrogens is 378 g/mol. The van der Waals surface area contributed by atoms with E-state index in [4.69, 9.17) is 0 Å². The highest BCUT2D eigenvalue weighted by Gasteiger charge is 2.15. The summed E-state index contributed by atoms with van der Waals surface area (Å²) in [6.45, 7) is 0. The van der Waals surface area contributed by atoms with E-state index in [0.29, 0.717) is 5.39 Å². The monoisotopic (exact) mass is 397 g/mol. The van der Waals surface area contributed by atoms with Crippen molar-refractivity contribution in [3.05, 3.63) is 93.9 Å². The number of aromatic nitrogens is 2. The second-order valence-electron chi connectivity index (χ2n) is 6.93. The average molecular weight is 398 g/mol. The van der Waals surface area contributed by atoms with Crippen molar-refractivity contribution in [2.24, 2.45) is 0 Å². The van der Waals surface area contributed by atoms with E-state index >= 15 is 0 Å². The Morgan fingerprint density at radius 2 is 1.97 bits per heavy atom. The number of hydrogen-bond acceptors (Lipinski definition) is 4. The lowest BCUT2D eigenvalue weighted by molar-refractivity contribution is 1.01. The van der Waals surface area contributed by atoms with Gasteiger partial charge in [-0.1, -0.05) is 30.4 Å². The minimum absolute atomic E-state index is 0.0422. The molecule has 3 heterocycles. The summed E-state index contributed by atoms with van der Waals surface area (Å²) in [5, 5.41) is 8.15. The molecule has 4 nitrogen and oxygen atoms in total. The number of fused-ring (bicyclic) bond motifs is 1. The first-order valence-electron chi connectivity index (χ1n) is 9.57. The smallest absolute Gasteiger partial charge is 0.193 e. The minimum atomic E-state index is -0.0422. The van der Waals surface area contributed by atoms with E-state index in [1.165, 1.54) is 0 Å². The summed E-state index contributed by atoms with van der Waals surface area (Å²) in [4.78, 5) is 17.4. The summed E-state index contributed by atoms with van der Waals surface area (Å²) in [5.74, 6) is 0.744. The van der Waals surface area contributed by atoms with Crippen LogP contribution in [0.4, 0.5) is 11.5 Å². The number of nitrogens with one attached hydrogen (secondary N) is 1. The van der Waals surface area contributed by atoms with Crippen LogP contribution in [0.25, 0.3) is 27.9 Å². The van der Waals surface area contributed by atoms with Gasteiger partial charge in [-0.25, -0.2) is 0 Å². The molecule has 0 saturated carbocycles. The van der Waals surface area contributed by atoms with Crippen LogP contribution >= 0.6 is 11.3 Å². The van der Waals surface area contributed by atoms with Gasteiger partial charge in [0.2, 0.25) is 0 Å². The summed E-state index contributed by atoms with van der Waals surface area (Å²) in [6, 6.07) is 15.6. The van der Waals surface area contributed by atoms with E-state index in [9.17, 15) is 4.79 Å². The third kappa shape index (κ3) is 3.41. The van der Waals surface area contributed by atoms with Gasteiger partial charge in [0, 0.05) is 34.6 Å². The SMILES string of the molecule is O=c1cc(Nc2ccccc2)n(C2=CCCC=C2)c2cc(-c3ccsc3)ncc12. The fourth-order valence-electron chi connectivity index (χ4n) is 3.59. The second kappa shape index (κ2) is 7.53. The summed E-state index contributed by atoms with van der Waals surface area (Å²) in [5.41, 5.74) is 4.73. The van der Waals surface area contributed by atoms with Gasteiger partial charge in [-0.15, -0.1) is 0 Å². The number of nitrogens with zero attached hydrogens (tertiary/aromatic N) is 2. The molecule has 0 amide bonds. The number of anilines is 2. The van der Waals surface area contributed by atoms with Crippen molar-refractivity contribution >= 4 is 39.4 Å². The van der Waals surface area contributed by atoms with Crippen molar-refractivity contribution < 1.29 is 0 Å². The van der Waals surface area contributed by atoms with E-state index in [1.54, 1.807) is 23.6 Å². The maximum absolute atomic E-state index is 12.9. The Kier molecular flexibility index (Phi) is 4.58. The third-order valence-corrected chi connectivity index (χ3v) is 5.68. The number of hydrogen-bond donors (Lipinski definition) is 1. The number of pyridine rings is 2. The Balaban J connectivity index is 1.77. The Morgan fingerprint density at radius 3 is 2.72 bits per heavy atom. The van der Waals surface area contributed by atoms with Gasteiger partial charge in [-0.3, -0.25) is 14.3 Å². The molecule has 0 radical (unpaired) electrons. The Bertz CT molecular complexity index is 1290. The molecule has 29 heavy (non-hydrogen) atoms. The fraction of sp³-hybridized carbons (Fsp3) is 0.0833. The molecule has 5 rings (SSSR count). The normalized spacial score (nSPS) is 13.4. The number of allylic oxidation sites excluding steroid dienone is 4. The van der Waals surface area contributed by atoms with Gasteiger partial charge < -0.3 is 5.32 Å². The van der Waals surface area contributed by atoms with Crippen LogP contribution in [0.3, 0.4) is 0 Å². The Morgan fingerprint density at radius 1 is 1.07 bits per heavy atom. The number of rotatable bonds is 4. The van der Waals surface area contributed by atoms with Crippen LogP contribution in [0.2, 0.25) is 0 Å². The summed E-state index contributed by atoms with van der Waals surface area (Å²) in [7, 11) is 0. The molecule has 0 fully saturated rings. The first kappa shape index (κ1) is 17.6. The lowest BCUT2D eigenvalue weighted by Gasteiger charge is -2.20. The van der Waals surface area contributed by atoms with Crippen molar-refractivity contribution in [3.63, 3.8) is 0 Å². The van der Waals surface area contributed by atoms with Crippen LogP contribution in [-0.4, -0.2) is 9.55 Å². The molecule has 4 aromatic rings. The number of benzene rings is 1. The molecule has 0 saturated heterocycles. The van der Waals surface area contributed by atoms with Crippen molar-refractivity contribution in [2.75, 3.05) is 5.32 Å². The highest BCUT2D eigenvalue weighted by atomic mass is 32.1. The highest BCUT2D eigenvalue weighted by molar-refractivity contribution is 7.08. The van der Waals surface area contributed by atoms with Crippen LogP contribution < -0.4 is 10.7 Å². The molecule has 142 valence electrons. The summed E-state index contributed by atoms with van der Waals surface area (Å²) >= 11 is 1.64. The van der Waals surface area contributed by atoms with Crippen molar-refractivity contribution in [3.8, 4) is 11.3 Å². The van der Waals surface area contributed by atoms with Crippen molar-refractivity contribution in [1.82, 2.24) is 9.55 Å². The van der Waals surface area contributed by atoms with Crippen molar-refractivity contribution in [2.45, 2.75) is 12.8 Å². The summed E-state index contributed by atoms with van der Waals surface area (Å²) in [6.07, 6.45) is 10.2. The highest BCUT2D eigenvalue weighted by Crippen LogP contribution is 2.29. The largest absolute Gasteiger partial charge is 0.341 e. The van der Waals surface area contributed by atoms with Gasteiger partial charge in [0.25, 0.3) is 0 Å². The molecule has 5 heteroatoms. The molecule has 1 aromatic carbocycles. The molecule has 0 atom stereocenters.